The maximum atomic E-state index is 14.0. The minimum atomic E-state index is -0.209. The molecule has 1 fully saturated rings. The molecule has 0 unspecified atom stereocenters. The second-order valence-corrected chi connectivity index (χ2v) is 9.95. The topological polar surface area (TPSA) is 90.4 Å². The van der Waals surface area contributed by atoms with Crippen molar-refractivity contribution in [3.63, 3.8) is 0 Å². The van der Waals surface area contributed by atoms with Crippen LogP contribution in [0.3, 0.4) is 0 Å². The molecule has 2 aromatic carbocycles. The van der Waals surface area contributed by atoms with Crippen LogP contribution in [0.15, 0.2) is 45.7 Å². The number of hydrogen-bond acceptors (Lipinski definition) is 7. The summed E-state index contributed by atoms with van der Waals surface area (Å²) in [6.07, 6.45) is 2.17. The maximum absolute atomic E-state index is 14.0. The number of methoxy groups -OCH3 is 1. The standard InChI is InChI=1S/C25H20ClN3O4S/c1-12-9-15(33-28-12)11-29-23(16-6-5-14(32-2)10-18(16)13-3-4-13)27-24-20(25(29)31)17-7-8-19(26)21(30)22(17)34-24/h5-10,13,30H,3-4,11H2,1-2H3. The number of rotatable bonds is 5. The number of fused-ring (bicyclic) bond motifs is 3. The number of aromatic hydroxyl groups is 1. The van der Waals surface area contributed by atoms with E-state index in [1.54, 1.807) is 23.8 Å². The van der Waals surface area contributed by atoms with Crippen LogP contribution >= 0.6 is 22.9 Å². The van der Waals surface area contributed by atoms with E-state index in [1.165, 1.54) is 11.3 Å². The van der Waals surface area contributed by atoms with Crippen molar-refractivity contribution in [1.29, 1.82) is 0 Å². The first-order valence-corrected chi connectivity index (χ1v) is 12.1. The Labute approximate surface area is 203 Å². The van der Waals surface area contributed by atoms with Gasteiger partial charge in [0.2, 0.25) is 0 Å². The van der Waals surface area contributed by atoms with Gasteiger partial charge in [-0.2, -0.15) is 0 Å². The SMILES string of the molecule is COc1ccc(-c2nc3sc4c(O)c(Cl)ccc4c3c(=O)n2Cc2cc(C)no2)c(C2CC2)c1. The van der Waals surface area contributed by atoms with Gasteiger partial charge in [0.05, 0.1) is 34.5 Å². The van der Waals surface area contributed by atoms with E-state index in [9.17, 15) is 9.90 Å². The molecule has 9 heteroatoms. The third-order valence-electron chi connectivity index (χ3n) is 6.19. The Balaban J connectivity index is 1.67. The molecule has 0 amide bonds. The van der Waals surface area contributed by atoms with Crippen molar-refractivity contribution in [3.05, 3.63) is 68.8 Å². The maximum Gasteiger partial charge on any atom is 0.263 e. The number of hydrogen-bond donors (Lipinski definition) is 1. The van der Waals surface area contributed by atoms with Crippen molar-refractivity contribution < 1.29 is 14.4 Å². The molecule has 7 nitrogen and oxygen atoms in total. The fourth-order valence-corrected chi connectivity index (χ4v) is 5.71. The highest BCUT2D eigenvalue weighted by Crippen LogP contribution is 2.46. The predicted octanol–water partition coefficient (Wildman–Crippen LogP) is 5.87. The number of aromatic nitrogens is 3. The molecule has 1 aliphatic rings. The Morgan fingerprint density at radius 2 is 2.09 bits per heavy atom. The summed E-state index contributed by atoms with van der Waals surface area (Å²) in [7, 11) is 1.65. The van der Waals surface area contributed by atoms with E-state index in [1.807, 2.05) is 31.2 Å². The van der Waals surface area contributed by atoms with Gasteiger partial charge in [-0.25, -0.2) is 4.98 Å². The van der Waals surface area contributed by atoms with Gasteiger partial charge in [-0.05, 0) is 55.5 Å². The first-order chi connectivity index (χ1) is 16.4. The average Bonchev–Trinajstić information content (AvgIpc) is 3.50. The van der Waals surface area contributed by atoms with E-state index in [0.717, 1.165) is 35.4 Å². The largest absolute Gasteiger partial charge is 0.505 e. The number of aryl methyl sites for hydroxylation is 1. The van der Waals surface area contributed by atoms with Crippen LogP contribution in [0.2, 0.25) is 5.02 Å². The number of ether oxygens (including phenoxy) is 1. The third-order valence-corrected chi connectivity index (χ3v) is 7.60. The van der Waals surface area contributed by atoms with Crippen LogP contribution in [0.4, 0.5) is 0 Å². The molecule has 34 heavy (non-hydrogen) atoms. The second kappa shape index (κ2) is 7.85. The van der Waals surface area contributed by atoms with E-state index >= 15 is 0 Å². The van der Waals surface area contributed by atoms with E-state index in [4.69, 9.17) is 25.8 Å². The first-order valence-electron chi connectivity index (χ1n) is 10.9. The van der Waals surface area contributed by atoms with Gasteiger partial charge < -0.3 is 14.4 Å². The molecule has 0 saturated heterocycles. The van der Waals surface area contributed by atoms with Gasteiger partial charge in [-0.3, -0.25) is 9.36 Å². The molecule has 0 radical (unpaired) electrons. The summed E-state index contributed by atoms with van der Waals surface area (Å²) < 4.78 is 13.1. The highest BCUT2D eigenvalue weighted by atomic mass is 35.5. The van der Waals surface area contributed by atoms with Gasteiger partial charge >= 0.3 is 0 Å². The van der Waals surface area contributed by atoms with Crippen molar-refractivity contribution >= 4 is 43.2 Å². The summed E-state index contributed by atoms with van der Waals surface area (Å²) in [6, 6.07) is 11.0. The molecule has 0 atom stereocenters. The van der Waals surface area contributed by atoms with Gasteiger partial charge in [0, 0.05) is 17.0 Å². The Kier molecular flexibility index (Phi) is 4.89. The third kappa shape index (κ3) is 3.36. The molecular formula is C25H20ClN3O4S. The summed E-state index contributed by atoms with van der Waals surface area (Å²) in [4.78, 5) is 19.5. The second-order valence-electron chi connectivity index (χ2n) is 8.54. The Morgan fingerprint density at radius 3 is 2.79 bits per heavy atom. The summed E-state index contributed by atoms with van der Waals surface area (Å²) in [6.45, 7) is 2.02. The van der Waals surface area contributed by atoms with Gasteiger partial charge in [-0.1, -0.05) is 22.8 Å². The first kappa shape index (κ1) is 21.2. The molecule has 0 aliphatic heterocycles. The fraction of sp³-hybridized carbons (Fsp3) is 0.240. The Morgan fingerprint density at radius 1 is 1.26 bits per heavy atom. The molecule has 3 heterocycles. The molecule has 1 saturated carbocycles. The van der Waals surface area contributed by atoms with Gasteiger partial charge in [0.15, 0.2) is 11.5 Å². The van der Waals surface area contributed by atoms with Crippen LogP contribution in [0.5, 0.6) is 11.5 Å². The number of halogens is 1. The molecule has 1 N–H and O–H groups in total. The van der Waals surface area contributed by atoms with Gasteiger partial charge in [0.1, 0.15) is 16.4 Å². The number of nitrogens with zero attached hydrogens (tertiary/aromatic N) is 3. The monoisotopic (exact) mass is 493 g/mol. The molecule has 0 bridgehead atoms. The van der Waals surface area contributed by atoms with Crippen molar-refractivity contribution in [2.45, 2.75) is 32.2 Å². The molecule has 1 aliphatic carbocycles. The summed E-state index contributed by atoms with van der Waals surface area (Å²) in [5, 5.41) is 15.8. The zero-order chi connectivity index (χ0) is 23.6. The predicted molar refractivity (Wildman–Crippen MR) is 132 cm³/mol. The molecule has 0 spiro atoms. The van der Waals surface area contributed by atoms with Gasteiger partial charge in [-0.15, -0.1) is 11.3 Å². The van der Waals surface area contributed by atoms with Crippen LogP contribution in [0.25, 0.3) is 31.7 Å². The molecule has 5 aromatic rings. The van der Waals surface area contributed by atoms with Gasteiger partial charge in [0.25, 0.3) is 5.56 Å². The zero-order valence-corrected chi connectivity index (χ0v) is 20.0. The molecular weight excluding hydrogens is 474 g/mol. The summed E-state index contributed by atoms with van der Waals surface area (Å²) in [5.41, 5.74) is 2.53. The van der Waals surface area contributed by atoms with E-state index in [2.05, 4.69) is 5.16 Å². The smallest absolute Gasteiger partial charge is 0.263 e. The highest BCUT2D eigenvalue weighted by Gasteiger charge is 2.29. The number of benzene rings is 2. The van der Waals surface area contributed by atoms with E-state index in [0.29, 0.717) is 37.8 Å². The summed E-state index contributed by atoms with van der Waals surface area (Å²) >= 11 is 7.40. The highest BCUT2D eigenvalue weighted by molar-refractivity contribution is 7.25. The van der Waals surface area contributed by atoms with Crippen LogP contribution in [0.1, 0.15) is 35.8 Å². The number of phenolic OH excluding ortho intramolecular Hbond substituents is 1. The lowest BCUT2D eigenvalue weighted by Crippen LogP contribution is -2.24. The van der Waals surface area contributed by atoms with Crippen molar-refractivity contribution in [2.24, 2.45) is 0 Å². The van der Waals surface area contributed by atoms with Crippen molar-refractivity contribution in [1.82, 2.24) is 14.7 Å². The summed E-state index contributed by atoms with van der Waals surface area (Å²) in [5.74, 6) is 2.25. The van der Waals surface area contributed by atoms with Crippen LogP contribution in [-0.2, 0) is 6.54 Å². The Hall–Kier alpha value is -3.36. The zero-order valence-electron chi connectivity index (χ0n) is 18.5. The molecule has 3 aromatic heterocycles. The fourth-order valence-electron chi connectivity index (χ4n) is 4.39. The van der Waals surface area contributed by atoms with E-state index in [-0.39, 0.29) is 22.9 Å². The quantitative estimate of drug-likeness (QED) is 0.329. The van der Waals surface area contributed by atoms with E-state index < -0.39 is 0 Å². The normalized spacial score (nSPS) is 13.7. The molecule has 6 rings (SSSR count). The van der Waals surface area contributed by atoms with Crippen LogP contribution < -0.4 is 10.3 Å². The number of thiophene rings is 1. The van der Waals surface area contributed by atoms with Crippen molar-refractivity contribution in [2.75, 3.05) is 7.11 Å². The lowest BCUT2D eigenvalue weighted by Gasteiger charge is -2.15. The average molecular weight is 494 g/mol. The van der Waals surface area contributed by atoms with Crippen LogP contribution in [-0.4, -0.2) is 26.9 Å². The van der Waals surface area contributed by atoms with Crippen LogP contribution in [0, 0.1) is 6.92 Å². The molecule has 172 valence electrons. The lowest BCUT2D eigenvalue weighted by atomic mass is 10.0. The Bertz CT molecular complexity index is 1650. The number of phenols is 1. The lowest BCUT2D eigenvalue weighted by molar-refractivity contribution is 0.372. The minimum Gasteiger partial charge on any atom is -0.505 e. The van der Waals surface area contributed by atoms with Crippen molar-refractivity contribution in [3.8, 4) is 22.9 Å². The minimum absolute atomic E-state index is 0.0383.